The van der Waals surface area contributed by atoms with Gasteiger partial charge in [-0.25, -0.2) is 17.7 Å². The van der Waals surface area contributed by atoms with Gasteiger partial charge in [-0.3, -0.25) is 9.69 Å². The summed E-state index contributed by atoms with van der Waals surface area (Å²) in [5, 5.41) is 0. The molecular weight excluding hydrogens is 290 g/mol. The van der Waals surface area contributed by atoms with Crippen LogP contribution in [0.25, 0.3) is 0 Å². The highest BCUT2D eigenvalue weighted by Gasteiger charge is 2.50. The van der Waals surface area contributed by atoms with Gasteiger partial charge in [-0.05, 0) is 25.5 Å². The highest BCUT2D eigenvalue weighted by Crippen LogP contribution is 2.42. The van der Waals surface area contributed by atoms with Crippen LogP contribution in [-0.4, -0.2) is 49.0 Å². The van der Waals surface area contributed by atoms with Gasteiger partial charge >= 0.3 is 0 Å². The summed E-state index contributed by atoms with van der Waals surface area (Å²) in [6.45, 7) is 3.16. The highest BCUT2D eigenvalue weighted by molar-refractivity contribution is 7.89. The number of aromatic nitrogens is 1. The average molecular weight is 309 g/mol. The number of rotatable bonds is 3. The van der Waals surface area contributed by atoms with Gasteiger partial charge in [-0.2, -0.15) is 0 Å². The highest BCUT2D eigenvalue weighted by atomic mass is 32.2. The summed E-state index contributed by atoms with van der Waals surface area (Å²) in [6.07, 6.45) is 2.80. The second kappa shape index (κ2) is 5.06. The molecule has 2 aliphatic rings. The third kappa shape index (κ3) is 2.55. The quantitative estimate of drug-likeness (QED) is 0.830. The number of amides is 1. The van der Waals surface area contributed by atoms with Gasteiger partial charge in [0.15, 0.2) is 0 Å². The number of hydrogen-bond acceptors (Lipinski definition) is 4. The topological polar surface area (TPSA) is 70.6 Å². The molecule has 6 nitrogen and oxygen atoms in total. The molecule has 2 saturated heterocycles. The van der Waals surface area contributed by atoms with Crippen molar-refractivity contribution >= 4 is 21.7 Å². The fraction of sp³-hybridized carbons (Fsp3) is 0.571. The molecule has 0 bridgehead atoms. The lowest BCUT2D eigenvalue weighted by Gasteiger charge is -2.23. The van der Waals surface area contributed by atoms with E-state index in [4.69, 9.17) is 0 Å². The van der Waals surface area contributed by atoms with Crippen molar-refractivity contribution < 1.29 is 13.2 Å². The van der Waals surface area contributed by atoms with Crippen LogP contribution >= 0.6 is 0 Å². The lowest BCUT2D eigenvalue weighted by Crippen LogP contribution is -2.35. The Labute approximate surface area is 124 Å². The maximum atomic E-state index is 12.3. The van der Waals surface area contributed by atoms with Crippen molar-refractivity contribution in [1.82, 2.24) is 9.29 Å². The molecule has 0 unspecified atom stereocenters. The Morgan fingerprint density at radius 1 is 1.33 bits per heavy atom. The molecule has 1 aromatic heterocycles. The minimum Gasteiger partial charge on any atom is -0.296 e. The normalized spacial score (nSPS) is 26.9. The molecule has 0 aromatic carbocycles. The Hall–Kier alpha value is -1.47. The number of anilines is 1. The van der Waals surface area contributed by atoms with Crippen LogP contribution < -0.4 is 4.90 Å². The van der Waals surface area contributed by atoms with Crippen LogP contribution in [0.3, 0.4) is 0 Å². The number of carbonyl (C=O) groups excluding carboxylic acids is 1. The fourth-order valence-corrected chi connectivity index (χ4v) is 4.41. The molecule has 1 amide bonds. The first-order valence-electron chi connectivity index (χ1n) is 7.15. The third-order valence-corrected chi connectivity index (χ3v) is 6.24. The molecule has 114 valence electrons. The van der Waals surface area contributed by atoms with E-state index in [2.05, 4.69) is 4.98 Å². The van der Waals surface area contributed by atoms with Crippen LogP contribution in [0.2, 0.25) is 0 Å². The lowest BCUT2D eigenvalue weighted by atomic mass is 9.86. The van der Waals surface area contributed by atoms with Gasteiger partial charge in [0.25, 0.3) is 0 Å². The zero-order valence-corrected chi connectivity index (χ0v) is 12.8. The zero-order valence-electron chi connectivity index (χ0n) is 12.0. The van der Waals surface area contributed by atoms with E-state index in [1.807, 2.05) is 18.2 Å². The number of pyridine rings is 1. The van der Waals surface area contributed by atoms with Crippen LogP contribution in [0.15, 0.2) is 24.4 Å². The van der Waals surface area contributed by atoms with Gasteiger partial charge in [-0.15, -0.1) is 0 Å². The molecular formula is C14H19N3O3S. The van der Waals surface area contributed by atoms with Gasteiger partial charge in [0.1, 0.15) is 5.82 Å². The molecule has 1 atom stereocenters. The minimum absolute atomic E-state index is 0.0319. The third-order valence-electron chi connectivity index (χ3n) is 4.41. The maximum Gasteiger partial charge on any atom is 0.228 e. The van der Waals surface area contributed by atoms with Crippen LogP contribution in [0.5, 0.6) is 0 Å². The second-order valence-electron chi connectivity index (χ2n) is 5.83. The maximum absolute atomic E-state index is 12.3. The molecule has 21 heavy (non-hydrogen) atoms. The first-order chi connectivity index (χ1) is 9.96. The summed E-state index contributed by atoms with van der Waals surface area (Å²) < 4.78 is 25.5. The van der Waals surface area contributed by atoms with Gasteiger partial charge < -0.3 is 0 Å². The number of hydrogen-bond donors (Lipinski definition) is 0. The van der Waals surface area contributed by atoms with Gasteiger partial charge in [-0.1, -0.05) is 6.07 Å². The first kappa shape index (κ1) is 14.5. The lowest BCUT2D eigenvalue weighted by molar-refractivity contribution is -0.117. The number of carbonyl (C=O) groups is 1. The summed E-state index contributed by atoms with van der Waals surface area (Å²) in [5.41, 5.74) is -0.253. The summed E-state index contributed by atoms with van der Waals surface area (Å²) in [7, 11) is -3.17. The number of nitrogens with zero attached hydrogens (tertiary/aromatic N) is 3. The molecule has 0 N–H and O–H groups in total. The average Bonchev–Trinajstić information content (AvgIpc) is 3.04. The van der Waals surface area contributed by atoms with Gasteiger partial charge in [0, 0.05) is 37.7 Å². The van der Waals surface area contributed by atoms with Crippen molar-refractivity contribution in [1.29, 1.82) is 0 Å². The molecule has 2 fully saturated rings. The molecule has 1 spiro atoms. The van der Waals surface area contributed by atoms with Gasteiger partial charge in [0.05, 0.1) is 5.75 Å². The molecule has 3 rings (SSSR count). The summed E-state index contributed by atoms with van der Waals surface area (Å²) in [4.78, 5) is 18.2. The molecule has 0 saturated carbocycles. The molecule has 7 heteroatoms. The predicted molar refractivity (Wildman–Crippen MR) is 79.3 cm³/mol. The van der Waals surface area contributed by atoms with Crippen molar-refractivity contribution in [3.05, 3.63) is 24.4 Å². The van der Waals surface area contributed by atoms with Crippen LogP contribution in [0.4, 0.5) is 5.82 Å². The molecule has 1 aromatic rings. The Morgan fingerprint density at radius 3 is 2.81 bits per heavy atom. The summed E-state index contributed by atoms with van der Waals surface area (Å²) in [6, 6.07) is 5.47. The van der Waals surface area contributed by atoms with Crippen molar-refractivity contribution in [3.63, 3.8) is 0 Å². The SMILES string of the molecule is CCS(=O)(=O)N1CC[C@@]2(CC(=O)N(c3ccccn3)C2)C1. The molecule has 0 radical (unpaired) electrons. The fourth-order valence-electron chi connectivity index (χ4n) is 3.21. The molecule has 0 aliphatic carbocycles. The van der Waals surface area contributed by atoms with E-state index in [0.717, 1.165) is 6.42 Å². The summed E-state index contributed by atoms with van der Waals surface area (Å²) >= 11 is 0. The monoisotopic (exact) mass is 309 g/mol. The minimum atomic E-state index is -3.17. The van der Waals surface area contributed by atoms with E-state index in [9.17, 15) is 13.2 Å². The van der Waals surface area contributed by atoms with Crippen LogP contribution in [-0.2, 0) is 14.8 Å². The molecule has 2 aliphatic heterocycles. The zero-order chi connectivity index (χ0) is 15.1. The van der Waals surface area contributed by atoms with Crippen molar-refractivity contribution in [3.8, 4) is 0 Å². The smallest absolute Gasteiger partial charge is 0.228 e. The van der Waals surface area contributed by atoms with E-state index >= 15 is 0 Å². The van der Waals surface area contributed by atoms with Crippen LogP contribution in [0.1, 0.15) is 19.8 Å². The number of sulfonamides is 1. The van der Waals surface area contributed by atoms with E-state index in [1.54, 1.807) is 18.0 Å². The van der Waals surface area contributed by atoms with E-state index in [1.165, 1.54) is 4.31 Å². The Kier molecular flexibility index (Phi) is 3.49. The first-order valence-corrected chi connectivity index (χ1v) is 8.76. The summed E-state index contributed by atoms with van der Waals surface area (Å²) in [5.74, 6) is 0.793. The molecule has 3 heterocycles. The van der Waals surface area contributed by atoms with E-state index < -0.39 is 10.0 Å². The second-order valence-corrected chi connectivity index (χ2v) is 8.09. The standard InChI is InChI=1S/C14H19N3O3S/c1-2-21(19,20)16-8-6-14(10-16)9-13(18)17(11-14)12-5-3-4-7-15-12/h3-5,7H,2,6,8-11H2,1H3/t14-/m1/s1. The van der Waals surface area contributed by atoms with Crippen molar-refractivity contribution in [2.45, 2.75) is 19.8 Å². The Bertz CT molecular complexity index is 647. The van der Waals surface area contributed by atoms with E-state index in [-0.39, 0.29) is 17.1 Å². The van der Waals surface area contributed by atoms with Crippen molar-refractivity contribution in [2.75, 3.05) is 30.3 Å². The Morgan fingerprint density at radius 2 is 2.14 bits per heavy atom. The predicted octanol–water partition coefficient (Wildman–Crippen LogP) is 0.860. The van der Waals surface area contributed by atoms with Gasteiger partial charge in [0.2, 0.25) is 15.9 Å². The van der Waals surface area contributed by atoms with Crippen LogP contribution in [0, 0.1) is 5.41 Å². The Balaban J connectivity index is 1.79. The largest absolute Gasteiger partial charge is 0.296 e. The van der Waals surface area contributed by atoms with Crippen molar-refractivity contribution in [2.24, 2.45) is 5.41 Å². The van der Waals surface area contributed by atoms with E-state index in [0.29, 0.717) is 31.9 Å².